The molecule has 1 aromatic heterocycles. The number of guanidine groups is 1. The lowest BCUT2D eigenvalue weighted by Gasteiger charge is -2.25. The van der Waals surface area contributed by atoms with Crippen LogP contribution in [0.4, 0.5) is 0 Å². The maximum absolute atomic E-state index is 12.0. The van der Waals surface area contributed by atoms with Crippen molar-refractivity contribution in [3.8, 4) is 0 Å². The number of sulfonamides is 1. The fourth-order valence-electron chi connectivity index (χ4n) is 2.39. The van der Waals surface area contributed by atoms with E-state index in [1.165, 1.54) is 16.2 Å². The van der Waals surface area contributed by atoms with E-state index >= 15 is 0 Å². The monoisotopic (exact) mass is 500 g/mol. The van der Waals surface area contributed by atoms with Crippen molar-refractivity contribution in [1.29, 1.82) is 0 Å². The zero-order chi connectivity index (χ0) is 17.4. The van der Waals surface area contributed by atoms with Crippen LogP contribution >= 0.6 is 35.3 Å². The number of aryl methyl sites for hydroxylation is 1. The van der Waals surface area contributed by atoms with E-state index in [4.69, 9.17) is 0 Å². The second kappa shape index (κ2) is 11.3. The molecule has 1 saturated carbocycles. The molecule has 0 saturated heterocycles. The fourth-order valence-corrected chi connectivity index (χ4v) is 4.21. The molecule has 0 unspecified atom stereocenters. The minimum atomic E-state index is -3.22. The molecule has 0 bridgehead atoms. The highest BCUT2D eigenvalue weighted by atomic mass is 127. The standard InChI is InChI=1S/C16H28N4O2S2.HI/c1-3-17-16(19-12-15-8-7-13(2)23-15)18-9-10-24(21,22)20-11-14-5-4-6-14;/h7-8,14,20H,3-6,9-12H2,1-2H3,(H2,17,18,19);1H. The Balaban J connectivity index is 0.00000312. The van der Waals surface area contributed by atoms with E-state index in [0.29, 0.717) is 31.5 Å². The zero-order valence-electron chi connectivity index (χ0n) is 14.9. The minimum Gasteiger partial charge on any atom is -0.357 e. The van der Waals surface area contributed by atoms with E-state index in [1.54, 1.807) is 11.3 Å². The van der Waals surface area contributed by atoms with Gasteiger partial charge in [-0.3, -0.25) is 0 Å². The molecule has 2 rings (SSSR count). The predicted octanol–water partition coefficient (Wildman–Crippen LogP) is 2.45. The molecular weight excluding hydrogens is 471 g/mol. The van der Waals surface area contributed by atoms with Crippen molar-refractivity contribution < 1.29 is 8.42 Å². The summed E-state index contributed by atoms with van der Waals surface area (Å²) < 4.78 is 26.7. The third-order valence-corrected chi connectivity index (χ3v) is 6.35. The summed E-state index contributed by atoms with van der Waals surface area (Å²) in [6, 6.07) is 4.15. The minimum absolute atomic E-state index is 0. The number of hydrogen-bond acceptors (Lipinski definition) is 4. The summed E-state index contributed by atoms with van der Waals surface area (Å²) in [6.07, 6.45) is 3.50. The maximum atomic E-state index is 12.0. The van der Waals surface area contributed by atoms with E-state index in [2.05, 4.69) is 39.4 Å². The first-order valence-corrected chi connectivity index (χ1v) is 11.0. The van der Waals surface area contributed by atoms with Gasteiger partial charge >= 0.3 is 0 Å². The van der Waals surface area contributed by atoms with Crippen molar-refractivity contribution in [1.82, 2.24) is 15.4 Å². The van der Waals surface area contributed by atoms with Gasteiger partial charge in [0.25, 0.3) is 0 Å². The average molecular weight is 500 g/mol. The van der Waals surface area contributed by atoms with E-state index < -0.39 is 10.0 Å². The van der Waals surface area contributed by atoms with Gasteiger partial charge in [0.1, 0.15) is 0 Å². The maximum Gasteiger partial charge on any atom is 0.213 e. The quantitative estimate of drug-likeness (QED) is 0.277. The van der Waals surface area contributed by atoms with Gasteiger partial charge in [0.2, 0.25) is 10.0 Å². The van der Waals surface area contributed by atoms with Gasteiger partial charge in [-0.05, 0) is 44.7 Å². The van der Waals surface area contributed by atoms with E-state index in [0.717, 1.165) is 19.4 Å². The Morgan fingerprint density at radius 3 is 2.64 bits per heavy atom. The van der Waals surface area contributed by atoms with Crippen LogP contribution < -0.4 is 15.4 Å². The second-order valence-electron chi connectivity index (χ2n) is 6.10. The molecule has 0 atom stereocenters. The number of hydrogen-bond donors (Lipinski definition) is 3. The lowest BCUT2D eigenvalue weighted by atomic mass is 9.86. The molecule has 0 radical (unpaired) electrons. The zero-order valence-corrected chi connectivity index (χ0v) is 18.8. The van der Waals surface area contributed by atoms with Gasteiger partial charge in [-0.15, -0.1) is 35.3 Å². The summed E-state index contributed by atoms with van der Waals surface area (Å²) in [6.45, 7) is 6.32. The summed E-state index contributed by atoms with van der Waals surface area (Å²) in [7, 11) is -3.22. The molecule has 144 valence electrons. The summed E-state index contributed by atoms with van der Waals surface area (Å²) in [5.74, 6) is 1.24. The Kier molecular flexibility index (Phi) is 10.3. The van der Waals surface area contributed by atoms with Crippen molar-refractivity contribution in [3.05, 3.63) is 21.9 Å². The molecule has 0 aliphatic heterocycles. The normalized spacial score (nSPS) is 15.4. The molecule has 1 aliphatic rings. The van der Waals surface area contributed by atoms with Crippen LogP contribution in [0, 0.1) is 12.8 Å². The summed E-state index contributed by atoms with van der Waals surface area (Å²) >= 11 is 1.72. The highest BCUT2D eigenvalue weighted by molar-refractivity contribution is 14.0. The number of nitrogens with zero attached hydrogens (tertiary/aromatic N) is 1. The van der Waals surface area contributed by atoms with Crippen LogP contribution in [0.2, 0.25) is 0 Å². The van der Waals surface area contributed by atoms with Gasteiger partial charge in [0.05, 0.1) is 12.3 Å². The second-order valence-corrected chi connectivity index (χ2v) is 9.40. The molecule has 1 aliphatic carbocycles. The van der Waals surface area contributed by atoms with Crippen LogP contribution in [-0.4, -0.2) is 39.8 Å². The fraction of sp³-hybridized carbons (Fsp3) is 0.688. The smallest absolute Gasteiger partial charge is 0.213 e. The number of halogens is 1. The van der Waals surface area contributed by atoms with Crippen LogP contribution in [0.15, 0.2) is 17.1 Å². The van der Waals surface area contributed by atoms with Crippen molar-refractivity contribution in [2.24, 2.45) is 10.9 Å². The Labute approximate surface area is 172 Å². The van der Waals surface area contributed by atoms with Crippen molar-refractivity contribution >= 4 is 51.3 Å². The lowest BCUT2D eigenvalue weighted by molar-refractivity contribution is 0.316. The van der Waals surface area contributed by atoms with Gasteiger partial charge in [-0.2, -0.15) is 0 Å². The molecule has 0 spiro atoms. The van der Waals surface area contributed by atoms with Crippen LogP contribution in [0.5, 0.6) is 0 Å². The molecule has 0 aromatic carbocycles. The third-order valence-electron chi connectivity index (χ3n) is 4.01. The molecule has 1 fully saturated rings. The van der Waals surface area contributed by atoms with Gasteiger partial charge < -0.3 is 10.6 Å². The number of aliphatic imine (C=N–C) groups is 1. The summed E-state index contributed by atoms with van der Waals surface area (Å²) in [5.41, 5.74) is 0. The molecule has 1 heterocycles. The van der Waals surface area contributed by atoms with Crippen LogP contribution in [0.3, 0.4) is 0 Å². The topological polar surface area (TPSA) is 82.6 Å². The third kappa shape index (κ3) is 8.69. The number of rotatable bonds is 9. The summed E-state index contributed by atoms with van der Waals surface area (Å²) in [4.78, 5) is 6.96. The first-order chi connectivity index (χ1) is 11.5. The van der Waals surface area contributed by atoms with Crippen molar-refractivity contribution in [3.63, 3.8) is 0 Å². The van der Waals surface area contributed by atoms with Crippen LogP contribution in [0.25, 0.3) is 0 Å². The van der Waals surface area contributed by atoms with Crippen LogP contribution in [-0.2, 0) is 16.6 Å². The Bertz CT molecular complexity index is 642. The Hall–Kier alpha value is -0.390. The van der Waals surface area contributed by atoms with Gasteiger partial charge in [0.15, 0.2) is 5.96 Å². The van der Waals surface area contributed by atoms with E-state index in [9.17, 15) is 8.42 Å². The molecule has 25 heavy (non-hydrogen) atoms. The SMILES string of the molecule is CCNC(=NCc1ccc(C)s1)NCCS(=O)(=O)NCC1CCC1.I. The molecule has 6 nitrogen and oxygen atoms in total. The largest absolute Gasteiger partial charge is 0.357 e. The Morgan fingerprint density at radius 2 is 2.08 bits per heavy atom. The molecule has 3 N–H and O–H groups in total. The first kappa shape index (κ1) is 22.7. The molecule has 9 heteroatoms. The number of thiophene rings is 1. The van der Waals surface area contributed by atoms with E-state index in [1.807, 2.05) is 6.92 Å². The molecule has 1 aromatic rings. The van der Waals surface area contributed by atoms with Crippen LogP contribution in [0.1, 0.15) is 35.9 Å². The van der Waals surface area contributed by atoms with Crippen molar-refractivity contribution in [2.75, 3.05) is 25.4 Å². The first-order valence-electron chi connectivity index (χ1n) is 8.53. The average Bonchev–Trinajstić information content (AvgIpc) is 2.88. The van der Waals surface area contributed by atoms with Crippen molar-refractivity contribution in [2.45, 2.75) is 39.7 Å². The Morgan fingerprint density at radius 1 is 1.32 bits per heavy atom. The molecular formula is C16H29IN4O2S2. The van der Waals surface area contributed by atoms with Gasteiger partial charge in [-0.1, -0.05) is 6.42 Å². The van der Waals surface area contributed by atoms with Gasteiger partial charge in [0, 0.05) is 29.4 Å². The van der Waals surface area contributed by atoms with E-state index in [-0.39, 0.29) is 29.7 Å². The number of nitrogens with one attached hydrogen (secondary N) is 3. The predicted molar refractivity (Wildman–Crippen MR) is 116 cm³/mol. The highest BCUT2D eigenvalue weighted by Gasteiger charge is 2.20. The van der Waals surface area contributed by atoms with Gasteiger partial charge in [-0.25, -0.2) is 18.1 Å². The molecule has 0 amide bonds. The lowest BCUT2D eigenvalue weighted by Crippen LogP contribution is -2.42. The highest BCUT2D eigenvalue weighted by Crippen LogP contribution is 2.25. The summed E-state index contributed by atoms with van der Waals surface area (Å²) in [5, 5.41) is 6.24.